The number of piperidine rings is 1. The number of likely N-dealkylation sites (tertiary alicyclic amines) is 1. The van der Waals surface area contributed by atoms with E-state index in [1.807, 2.05) is 0 Å². The molecule has 0 bridgehead atoms. The van der Waals surface area contributed by atoms with Gasteiger partial charge in [-0.2, -0.15) is 0 Å². The first-order valence-electron chi connectivity index (χ1n) is 7.36. The fourth-order valence-electron chi connectivity index (χ4n) is 4.02. The van der Waals surface area contributed by atoms with Crippen molar-refractivity contribution in [3.63, 3.8) is 0 Å². The molecular weight excluding hydrogens is 208 g/mol. The first kappa shape index (κ1) is 13.4. The SMILES string of the molecule is CC1CC(C)CN(CC2CCC(C)(C)C2N)C1. The highest BCUT2D eigenvalue weighted by molar-refractivity contribution is 4.95. The summed E-state index contributed by atoms with van der Waals surface area (Å²) in [4.78, 5) is 2.67. The van der Waals surface area contributed by atoms with Gasteiger partial charge in [0.2, 0.25) is 0 Å². The van der Waals surface area contributed by atoms with E-state index in [1.165, 1.54) is 38.9 Å². The molecular formula is C15H30N2. The first-order valence-corrected chi connectivity index (χ1v) is 7.36. The van der Waals surface area contributed by atoms with Gasteiger partial charge in [0.25, 0.3) is 0 Å². The van der Waals surface area contributed by atoms with Crippen LogP contribution >= 0.6 is 0 Å². The van der Waals surface area contributed by atoms with Crippen LogP contribution in [0.15, 0.2) is 0 Å². The molecule has 1 aliphatic carbocycles. The van der Waals surface area contributed by atoms with Gasteiger partial charge in [-0.15, -0.1) is 0 Å². The average Bonchev–Trinajstić information content (AvgIpc) is 2.44. The monoisotopic (exact) mass is 238 g/mol. The molecule has 0 spiro atoms. The minimum atomic E-state index is 0.359. The molecule has 2 heteroatoms. The van der Waals surface area contributed by atoms with Crippen LogP contribution < -0.4 is 5.73 Å². The molecule has 2 N–H and O–H groups in total. The molecule has 2 rings (SSSR count). The number of nitrogens with zero attached hydrogens (tertiary/aromatic N) is 1. The quantitative estimate of drug-likeness (QED) is 0.801. The first-order chi connectivity index (χ1) is 7.88. The molecule has 1 aliphatic heterocycles. The molecule has 2 nitrogen and oxygen atoms in total. The zero-order valence-electron chi connectivity index (χ0n) is 12.1. The lowest BCUT2D eigenvalue weighted by molar-refractivity contribution is 0.115. The predicted molar refractivity (Wildman–Crippen MR) is 73.9 cm³/mol. The Bertz CT molecular complexity index is 252. The van der Waals surface area contributed by atoms with Gasteiger partial charge in [0.15, 0.2) is 0 Å². The van der Waals surface area contributed by atoms with Gasteiger partial charge in [-0.25, -0.2) is 0 Å². The summed E-state index contributed by atoms with van der Waals surface area (Å²) in [6.45, 7) is 13.3. The molecule has 1 saturated heterocycles. The zero-order chi connectivity index (χ0) is 12.6. The van der Waals surface area contributed by atoms with Crippen molar-refractivity contribution >= 4 is 0 Å². The van der Waals surface area contributed by atoms with Crippen molar-refractivity contribution < 1.29 is 0 Å². The van der Waals surface area contributed by atoms with E-state index in [4.69, 9.17) is 5.73 Å². The molecule has 2 aliphatic rings. The minimum Gasteiger partial charge on any atom is -0.327 e. The molecule has 0 amide bonds. The van der Waals surface area contributed by atoms with Crippen LogP contribution in [0.1, 0.15) is 47.0 Å². The van der Waals surface area contributed by atoms with Gasteiger partial charge in [0, 0.05) is 25.7 Å². The Kier molecular flexibility index (Phi) is 3.84. The highest BCUT2D eigenvalue weighted by atomic mass is 15.1. The second-order valence-corrected chi connectivity index (χ2v) is 7.48. The summed E-state index contributed by atoms with van der Waals surface area (Å²) < 4.78 is 0. The Balaban J connectivity index is 1.89. The van der Waals surface area contributed by atoms with E-state index in [9.17, 15) is 0 Å². The van der Waals surface area contributed by atoms with E-state index in [2.05, 4.69) is 32.6 Å². The smallest absolute Gasteiger partial charge is 0.0131 e. The summed E-state index contributed by atoms with van der Waals surface area (Å²) >= 11 is 0. The Hall–Kier alpha value is -0.0800. The molecule has 2 fully saturated rings. The van der Waals surface area contributed by atoms with Crippen LogP contribution in [0.25, 0.3) is 0 Å². The van der Waals surface area contributed by atoms with Crippen LogP contribution in [0.2, 0.25) is 0 Å². The lowest BCUT2D eigenvalue weighted by Crippen LogP contribution is -2.46. The van der Waals surface area contributed by atoms with Crippen LogP contribution in [0, 0.1) is 23.2 Å². The fourth-order valence-corrected chi connectivity index (χ4v) is 4.02. The minimum absolute atomic E-state index is 0.359. The normalized spacial score (nSPS) is 42.9. The van der Waals surface area contributed by atoms with Gasteiger partial charge >= 0.3 is 0 Å². The number of hydrogen-bond acceptors (Lipinski definition) is 2. The lowest BCUT2D eigenvalue weighted by atomic mass is 9.85. The van der Waals surface area contributed by atoms with Crippen LogP contribution in [0.4, 0.5) is 0 Å². The maximum Gasteiger partial charge on any atom is 0.0131 e. The summed E-state index contributed by atoms with van der Waals surface area (Å²) in [5, 5.41) is 0. The van der Waals surface area contributed by atoms with Gasteiger partial charge < -0.3 is 10.6 Å². The molecule has 0 aromatic carbocycles. The van der Waals surface area contributed by atoms with E-state index in [0.29, 0.717) is 11.5 Å². The van der Waals surface area contributed by atoms with Crippen molar-refractivity contribution in [1.29, 1.82) is 0 Å². The van der Waals surface area contributed by atoms with E-state index in [-0.39, 0.29) is 0 Å². The molecule has 0 radical (unpaired) electrons. The van der Waals surface area contributed by atoms with Gasteiger partial charge in [-0.3, -0.25) is 0 Å². The largest absolute Gasteiger partial charge is 0.327 e. The van der Waals surface area contributed by atoms with Crippen molar-refractivity contribution in [2.24, 2.45) is 28.9 Å². The molecule has 0 aromatic heterocycles. The lowest BCUT2D eigenvalue weighted by Gasteiger charge is -2.38. The second kappa shape index (κ2) is 4.89. The number of nitrogens with two attached hydrogens (primary N) is 1. The van der Waals surface area contributed by atoms with E-state index in [0.717, 1.165) is 17.8 Å². The Labute approximate surface area is 107 Å². The van der Waals surface area contributed by atoms with Crippen molar-refractivity contribution in [3.05, 3.63) is 0 Å². The third-order valence-corrected chi connectivity index (χ3v) is 5.01. The maximum atomic E-state index is 6.42. The van der Waals surface area contributed by atoms with E-state index < -0.39 is 0 Å². The molecule has 100 valence electrons. The van der Waals surface area contributed by atoms with Crippen molar-refractivity contribution in [3.8, 4) is 0 Å². The summed E-state index contributed by atoms with van der Waals surface area (Å²) in [6.07, 6.45) is 4.03. The standard InChI is InChI=1S/C15H30N2/c1-11-7-12(2)9-17(8-11)10-13-5-6-15(3,4)14(13)16/h11-14H,5-10,16H2,1-4H3. The average molecular weight is 238 g/mol. The predicted octanol–water partition coefficient (Wildman–Crippen LogP) is 2.73. The van der Waals surface area contributed by atoms with Crippen molar-refractivity contribution in [2.75, 3.05) is 19.6 Å². The molecule has 4 atom stereocenters. The van der Waals surface area contributed by atoms with Crippen LogP contribution in [-0.4, -0.2) is 30.6 Å². The second-order valence-electron chi connectivity index (χ2n) is 7.48. The fraction of sp³-hybridized carbons (Fsp3) is 1.00. The summed E-state index contributed by atoms with van der Waals surface area (Å²) in [6, 6.07) is 0.398. The third-order valence-electron chi connectivity index (χ3n) is 5.01. The van der Waals surface area contributed by atoms with Crippen molar-refractivity contribution in [2.45, 2.75) is 53.0 Å². The highest BCUT2D eigenvalue weighted by Crippen LogP contribution is 2.40. The number of hydrogen-bond donors (Lipinski definition) is 1. The van der Waals surface area contributed by atoms with Gasteiger partial charge in [-0.05, 0) is 42.4 Å². The van der Waals surface area contributed by atoms with E-state index >= 15 is 0 Å². The van der Waals surface area contributed by atoms with Gasteiger partial charge in [-0.1, -0.05) is 27.7 Å². The molecule has 1 heterocycles. The molecule has 4 unspecified atom stereocenters. The Morgan fingerprint density at radius 1 is 1.18 bits per heavy atom. The van der Waals surface area contributed by atoms with Gasteiger partial charge in [0.05, 0.1) is 0 Å². The summed E-state index contributed by atoms with van der Waals surface area (Å²) in [7, 11) is 0. The van der Waals surface area contributed by atoms with Crippen LogP contribution in [0.3, 0.4) is 0 Å². The molecule has 1 saturated carbocycles. The Morgan fingerprint density at radius 3 is 2.24 bits per heavy atom. The molecule has 0 aromatic rings. The zero-order valence-corrected chi connectivity index (χ0v) is 12.1. The van der Waals surface area contributed by atoms with Crippen LogP contribution in [0.5, 0.6) is 0 Å². The maximum absolute atomic E-state index is 6.42. The highest BCUT2D eigenvalue weighted by Gasteiger charge is 2.40. The van der Waals surface area contributed by atoms with Gasteiger partial charge in [0.1, 0.15) is 0 Å². The van der Waals surface area contributed by atoms with E-state index in [1.54, 1.807) is 0 Å². The Morgan fingerprint density at radius 2 is 1.76 bits per heavy atom. The van der Waals surface area contributed by atoms with Crippen LogP contribution in [-0.2, 0) is 0 Å². The summed E-state index contributed by atoms with van der Waals surface area (Å²) in [5.74, 6) is 2.45. The summed E-state index contributed by atoms with van der Waals surface area (Å²) in [5.41, 5.74) is 6.78. The third kappa shape index (κ3) is 3.03. The topological polar surface area (TPSA) is 29.3 Å². The number of rotatable bonds is 2. The molecule has 17 heavy (non-hydrogen) atoms. The van der Waals surface area contributed by atoms with Crippen molar-refractivity contribution in [1.82, 2.24) is 4.90 Å².